The Morgan fingerprint density at radius 3 is 2.35 bits per heavy atom. The van der Waals surface area contributed by atoms with Gasteiger partial charge in [0.1, 0.15) is 18.2 Å². The Labute approximate surface area is 236 Å². The summed E-state index contributed by atoms with van der Waals surface area (Å²) in [5, 5.41) is 0. The molecule has 0 atom stereocenters. The second kappa shape index (κ2) is 14.9. The summed E-state index contributed by atoms with van der Waals surface area (Å²) < 4.78 is 52.3. The third kappa shape index (κ3) is 10.0. The molecule has 0 aliphatic heterocycles. The van der Waals surface area contributed by atoms with E-state index < -0.39 is 12.2 Å². The number of rotatable bonds is 12. The number of hydrogen-bond donors (Lipinski definition) is 0. The second-order valence-corrected chi connectivity index (χ2v) is 11.2. The van der Waals surface area contributed by atoms with Crippen LogP contribution in [0, 0.1) is 11.2 Å². The van der Waals surface area contributed by atoms with Crippen LogP contribution in [0.15, 0.2) is 60.7 Å². The zero-order valence-corrected chi connectivity index (χ0v) is 24.1. The zero-order chi connectivity index (χ0) is 29.1. The molecule has 1 saturated carbocycles. The molecule has 0 saturated heterocycles. The highest BCUT2D eigenvalue weighted by Gasteiger charge is 2.22. The molecule has 0 unspecified atom stereocenters. The van der Waals surface area contributed by atoms with Crippen molar-refractivity contribution in [3.05, 3.63) is 88.7 Å². The lowest BCUT2D eigenvalue weighted by Gasteiger charge is -2.26. The van der Waals surface area contributed by atoms with Crippen molar-refractivity contribution < 1.29 is 27.4 Å². The van der Waals surface area contributed by atoms with E-state index in [0.717, 1.165) is 41.7 Å². The quantitative estimate of drug-likeness (QED) is 0.209. The highest BCUT2D eigenvalue weighted by Crippen LogP contribution is 2.36. The summed E-state index contributed by atoms with van der Waals surface area (Å²) in [6.45, 7) is 6.74. The standard InChI is InChI=1S/C31H35F3O3.C3H6/c1-5-15-31(2,3)19-24-16-22(9-12-26(24)27-18-23(30(33)34)11-13-28(27)32)20-37-25-8-6-7-21(17-25)10-14-29(35)36-4;1-2-3-1/h6-9,11-13,16-18,30H,5,10,14-15,19-20H2,1-4H3;1-3H2. The van der Waals surface area contributed by atoms with Gasteiger partial charge in [0, 0.05) is 17.5 Å². The molecule has 4 rings (SSSR count). The molecule has 0 aromatic heterocycles. The molecule has 3 aromatic carbocycles. The highest BCUT2D eigenvalue weighted by atomic mass is 19.3. The number of aryl methyl sites for hydroxylation is 1. The van der Waals surface area contributed by atoms with E-state index in [0.29, 0.717) is 37.2 Å². The van der Waals surface area contributed by atoms with Gasteiger partial charge in [0.15, 0.2) is 0 Å². The fourth-order valence-electron chi connectivity index (χ4n) is 4.62. The fraction of sp³-hybridized carbons (Fsp3) is 0.441. The van der Waals surface area contributed by atoms with Gasteiger partial charge in [-0.15, -0.1) is 0 Å². The summed E-state index contributed by atoms with van der Waals surface area (Å²) in [6.07, 6.45) is 5.33. The SMILES string of the molecule is C1CC1.CCCC(C)(C)Cc1cc(COc2cccc(CCC(=O)OC)c2)ccc1-c1cc(C(F)F)ccc1F. The van der Waals surface area contributed by atoms with Gasteiger partial charge in [0.05, 0.1) is 7.11 Å². The molecule has 3 aromatic rings. The molecule has 0 amide bonds. The first-order valence-corrected chi connectivity index (χ1v) is 14.1. The number of ether oxygens (including phenoxy) is 2. The van der Waals surface area contributed by atoms with Crippen LogP contribution in [0.25, 0.3) is 11.1 Å². The van der Waals surface area contributed by atoms with Gasteiger partial charge in [-0.05, 0) is 71.2 Å². The van der Waals surface area contributed by atoms with Crippen LogP contribution in [0.2, 0.25) is 0 Å². The largest absolute Gasteiger partial charge is 0.489 e. The Hall–Kier alpha value is -3.28. The number of esters is 1. The minimum atomic E-state index is -2.67. The number of benzene rings is 3. The molecule has 0 N–H and O–H groups in total. The van der Waals surface area contributed by atoms with Crippen LogP contribution in [0.1, 0.15) is 88.0 Å². The van der Waals surface area contributed by atoms with E-state index in [1.165, 1.54) is 32.4 Å². The Bertz CT molecular complexity index is 1250. The van der Waals surface area contributed by atoms with Gasteiger partial charge in [-0.1, -0.05) is 82.9 Å². The minimum Gasteiger partial charge on any atom is -0.489 e. The summed E-state index contributed by atoms with van der Waals surface area (Å²) in [4.78, 5) is 11.4. The van der Waals surface area contributed by atoms with E-state index in [2.05, 4.69) is 20.8 Å². The van der Waals surface area contributed by atoms with Crippen molar-refractivity contribution in [1.82, 2.24) is 0 Å². The lowest BCUT2D eigenvalue weighted by atomic mass is 9.79. The average Bonchev–Trinajstić information content (AvgIpc) is 3.81. The predicted octanol–water partition coefficient (Wildman–Crippen LogP) is 9.65. The maximum absolute atomic E-state index is 14.8. The number of carbonyl (C=O) groups is 1. The number of methoxy groups -OCH3 is 1. The molecule has 3 nitrogen and oxygen atoms in total. The van der Waals surface area contributed by atoms with Crippen LogP contribution < -0.4 is 4.74 Å². The molecule has 1 aliphatic carbocycles. The minimum absolute atomic E-state index is 0.0479. The molecular weight excluding hydrogens is 513 g/mol. The van der Waals surface area contributed by atoms with Crippen LogP contribution in [0.4, 0.5) is 13.2 Å². The number of halogens is 3. The first-order chi connectivity index (χ1) is 19.1. The van der Waals surface area contributed by atoms with Gasteiger partial charge >= 0.3 is 5.97 Å². The third-order valence-corrected chi connectivity index (χ3v) is 6.80. The van der Waals surface area contributed by atoms with Crippen molar-refractivity contribution in [1.29, 1.82) is 0 Å². The van der Waals surface area contributed by atoms with Gasteiger partial charge in [0.25, 0.3) is 6.43 Å². The van der Waals surface area contributed by atoms with Crippen LogP contribution in [0.3, 0.4) is 0 Å². The summed E-state index contributed by atoms with van der Waals surface area (Å²) in [5.74, 6) is -0.109. The van der Waals surface area contributed by atoms with Crippen molar-refractivity contribution >= 4 is 5.97 Å². The Balaban J connectivity index is 0.00000137. The predicted molar refractivity (Wildman–Crippen MR) is 154 cm³/mol. The van der Waals surface area contributed by atoms with E-state index in [-0.39, 0.29) is 22.5 Å². The normalized spacial score (nSPS) is 12.5. The molecule has 0 bridgehead atoms. The Morgan fingerprint density at radius 2 is 1.70 bits per heavy atom. The van der Waals surface area contributed by atoms with E-state index >= 15 is 0 Å². The van der Waals surface area contributed by atoms with E-state index in [1.807, 2.05) is 36.4 Å². The van der Waals surface area contributed by atoms with Gasteiger partial charge in [-0.2, -0.15) is 0 Å². The molecule has 0 radical (unpaired) electrons. The van der Waals surface area contributed by atoms with E-state index in [4.69, 9.17) is 9.47 Å². The Kier molecular flexibility index (Phi) is 11.7. The number of carbonyl (C=O) groups excluding carboxylic acids is 1. The summed E-state index contributed by atoms with van der Waals surface area (Å²) in [6, 6.07) is 16.7. The molecule has 0 spiro atoms. The molecule has 6 heteroatoms. The summed E-state index contributed by atoms with van der Waals surface area (Å²) >= 11 is 0. The Morgan fingerprint density at radius 1 is 0.950 bits per heavy atom. The molecule has 216 valence electrons. The molecule has 1 aliphatic rings. The average molecular weight is 555 g/mol. The van der Waals surface area contributed by atoms with Crippen LogP contribution in [-0.2, 0) is 29.0 Å². The summed E-state index contributed by atoms with van der Waals surface area (Å²) in [7, 11) is 1.37. The molecule has 0 heterocycles. The van der Waals surface area contributed by atoms with Gasteiger partial charge < -0.3 is 9.47 Å². The first-order valence-electron chi connectivity index (χ1n) is 14.1. The van der Waals surface area contributed by atoms with Crippen molar-refractivity contribution in [2.45, 2.75) is 85.2 Å². The van der Waals surface area contributed by atoms with Crippen molar-refractivity contribution in [3.8, 4) is 16.9 Å². The van der Waals surface area contributed by atoms with E-state index in [1.54, 1.807) is 6.07 Å². The lowest BCUT2D eigenvalue weighted by Crippen LogP contribution is -2.15. The van der Waals surface area contributed by atoms with Gasteiger partial charge in [0.2, 0.25) is 0 Å². The topological polar surface area (TPSA) is 35.5 Å². The third-order valence-electron chi connectivity index (χ3n) is 6.80. The van der Waals surface area contributed by atoms with E-state index in [9.17, 15) is 18.0 Å². The maximum Gasteiger partial charge on any atom is 0.305 e. The number of hydrogen-bond acceptors (Lipinski definition) is 3. The second-order valence-electron chi connectivity index (χ2n) is 11.2. The van der Waals surface area contributed by atoms with Crippen molar-refractivity contribution in [3.63, 3.8) is 0 Å². The van der Waals surface area contributed by atoms with Crippen LogP contribution in [-0.4, -0.2) is 13.1 Å². The van der Waals surface area contributed by atoms with Gasteiger partial charge in [-0.3, -0.25) is 4.79 Å². The maximum atomic E-state index is 14.8. The smallest absolute Gasteiger partial charge is 0.305 e. The molecule has 1 fully saturated rings. The van der Waals surface area contributed by atoms with Crippen LogP contribution >= 0.6 is 0 Å². The highest BCUT2D eigenvalue weighted by molar-refractivity contribution is 5.70. The fourth-order valence-corrected chi connectivity index (χ4v) is 4.62. The monoisotopic (exact) mass is 554 g/mol. The lowest BCUT2D eigenvalue weighted by molar-refractivity contribution is -0.140. The first kappa shape index (κ1) is 31.3. The zero-order valence-electron chi connectivity index (χ0n) is 24.1. The van der Waals surface area contributed by atoms with Gasteiger partial charge in [-0.25, -0.2) is 13.2 Å². The molecule has 40 heavy (non-hydrogen) atoms. The molecular formula is C34H41F3O3. The number of alkyl halides is 2. The van der Waals surface area contributed by atoms with Crippen LogP contribution in [0.5, 0.6) is 5.75 Å². The van der Waals surface area contributed by atoms with Crippen molar-refractivity contribution in [2.24, 2.45) is 5.41 Å². The van der Waals surface area contributed by atoms with Crippen molar-refractivity contribution in [2.75, 3.05) is 7.11 Å². The summed E-state index contributed by atoms with van der Waals surface area (Å²) in [5.41, 5.74) is 3.33.